The summed E-state index contributed by atoms with van der Waals surface area (Å²) >= 11 is 0. The third-order valence-corrected chi connectivity index (χ3v) is 1.78. The van der Waals surface area contributed by atoms with Crippen molar-refractivity contribution in [3.05, 3.63) is 17.6 Å². The molecular formula is C10H14N2O2. The number of rotatable bonds is 5. The predicted molar refractivity (Wildman–Crippen MR) is 52.3 cm³/mol. The number of carbonyl (C=O) groups is 1. The second-order valence-corrected chi connectivity index (χ2v) is 2.77. The minimum atomic E-state index is 0.305. The van der Waals surface area contributed by atoms with Crippen LogP contribution in [0.15, 0.2) is 6.20 Å². The Bertz CT molecular complexity index is 313. The summed E-state index contributed by atoms with van der Waals surface area (Å²) in [7, 11) is 0. The van der Waals surface area contributed by atoms with E-state index >= 15 is 0 Å². The quantitative estimate of drug-likeness (QED) is 0.660. The van der Waals surface area contributed by atoms with E-state index in [2.05, 4.69) is 9.97 Å². The van der Waals surface area contributed by atoms with Crippen LogP contribution >= 0.6 is 0 Å². The summed E-state index contributed by atoms with van der Waals surface area (Å²) in [5, 5.41) is 0. The summed E-state index contributed by atoms with van der Waals surface area (Å²) in [5.74, 6) is 1.27. The highest BCUT2D eigenvalue weighted by Gasteiger charge is 2.06. The third kappa shape index (κ3) is 2.52. The smallest absolute Gasteiger partial charge is 0.220 e. The maximum absolute atomic E-state index is 10.4. The lowest BCUT2D eigenvalue weighted by atomic mass is 10.2. The van der Waals surface area contributed by atoms with Crippen molar-refractivity contribution in [3.8, 4) is 5.88 Å². The third-order valence-electron chi connectivity index (χ3n) is 1.78. The molecule has 1 aromatic rings. The van der Waals surface area contributed by atoms with Crippen molar-refractivity contribution in [1.29, 1.82) is 0 Å². The molecule has 0 spiro atoms. The number of hydrogen-bond acceptors (Lipinski definition) is 4. The van der Waals surface area contributed by atoms with E-state index in [9.17, 15) is 4.79 Å². The minimum Gasteiger partial charge on any atom is -0.478 e. The monoisotopic (exact) mass is 194 g/mol. The fraction of sp³-hybridized carbons (Fsp3) is 0.500. The van der Waals surface area contributed by atoms with Gasteiger partial charge in [-0.2, -0.15) is 4.98 Å². The standard InChI is InChI=1S/C10H14N2O2/c1-3-9-11-7-8(5-6-13)10(12-9)14-4-2/h6-7H,3-5H2,1-2H3. The van der Waals surface area contributed by atoms with Gasteiger partial charge < -0.3 is 9.53 Å². The molecule has 4 heteroatoms. The zero-order chi connectivity index (χ0) is 10.4. The van der Waals surface area contributed by atoms with Gasteiger partial charge in [-0.05, 0) is 6.92 Å². The van der Waals surface area contributed by atoms with E-state index in [4.69, 9.17) is 4.74 Å². The Kier molecular flexibility index (Phi) is 4.04. The summed E-state index contributed by atoms with van der Waals surface area (Å²) in [5.41, 5.74) is 0.749. The lowest BCUT2D eigenvalue weighted by molar-refractivity contribution is -0.107. The number of aldehydes is 1. The molecule has 0 atom stereocenters. The van der Waals surface area contributed by atoms with E-state index in [-0.39, 0.29) is 0 Å². The number of carbonyl (C=O) groups excluding carboxylic acids is 1. The van der Waals surface area contributed by atoms with Gasteiger partial charge in [-0.1, -0.05) is 6.92 Å². The van der Waals surface area contributed by atoms with Crippen LogP contribution in [-0.4, -0.2) is 22.9 Å². The lowest BCUT2D eigenvalue weighted by Crippen LogP contribution is -2.04. The molecule has 0 saturated heterocycles. The average Bonchev–Trinajstić information content (AvgIpc) is 2.21. The van der Waals surface area contributed by atoms with Crippen molar-refractivity contribution >= 4 is 6.29 Å². The van der Waals surface area contributed by atoms with Crippen LogP contribution in [-0.2, 0) is 17.6 Å². The zero-order valence-electron chi connectivity index (χ0n) is 8.49. The fourth-order valence-electron chi connectivity index (χ4n) is 1.09. The number of nitrogens with zero attached hydrogens (tertiary/aromatic N) is 2. The van der Waals surface area contributed by atoms with E-state index in [1.807, 2.05) is 13.8 Å². The van der Waals surface area contributed by atoms with Crippen LogP contribution < -0.4 is 4.74 Å². The van der Waals surface area contributed by atoms with Gasteiger partial charge in [0.05, 0.1) is 6.61 Å². The summed E-state index contributed by atoms with van der Waals surface area (Å²) < 4.78 is 5.32. The Hall–Kier alpha value is -1.45. The minimum absolute atomic E-state index is 0.305. The van der Waals surface area contributed by atoms with Gasteiger partial charge >= 0.3 is 0 Å². The van der Waals surface area contributed by atoms with Crippen LogP contribution in [0.2, 0.25) is 0 Å². The van der Waals surface area contributed by atoms with E-state index < -0.39 is 0 Å². The maximum atomic E-state index is 10.4. The van der Waals surface area contributed by atoms with Gasteiger partial charge in [0.2, 0.25) is 5.88 Å². The molecule has 0 bridgehead atoms. The number of ether oxygens (including phenoxy) is 1. The summed E-state index contributed by atoms with van der Waals surface area (Å²) in [6.45, 7) is 4.41. The van der Waals surface area contributed by atoms with Crippen LogP contribution in [0.25, 0.3) is 0 Å². The molecule has 0 unspecified atom stereocenters. The first kappa shape index (κ1) is 10.6. The van der Waals surface area contributed by atoms with E-state index in [0.717, 1.165) is 24.1 Å². The molecule has 0 N–H and O–H groups in total. The molecule has 1 heterocycles. The molecule has 0 amide bonds. The Morgan fingerprint density at radius 1 is 1.50 bits per heavy atom. The van der Waals surface area contributed by atoms with Gasteiger partial charge in [-0.15, -0.1) is 0 Å². The second-order valence-electron chi connectivity index (χ2n) is 2.77. The van der Waals surface area contributed by atoms with Crippen LogP contribution in [0.1, 0.15) is 25.2 Å². The average molecular weight is 194 g/mol. The summed E-state index contributed by atoms with van der Waals surface area (Å²) in [6.07, 6.45) is 3.55. The van der Waals surface area contributed by atoms with Gasteiger partial charge in [0, 0.05) is 24.6 Å². The number of aryl methyl sites for hydroxylation is 1. The molecule has 1 rings (SSSR count). The topological polar surface area (TPSA) is 52.1 Å². The van der Waals surface area contributed by atoms with Gasteiger partial charge in [0.25, 0.3) is 0 Å². The second kappa shape index (κ2) is 5.32. The molecule has 76 valence electrons. The fourth-order valence-corrected chi connectivity index (χ4v) is 1.09. The summed E-state index contributed by atoms with van der Waals surface area (Å²) in [6, 6.07) is 0. The first-order valence-electron chi connectivity index (χ1n) is 4.73. The van der Waals surface area contributed by atoms with Crippen LogP contribution in [0.5, 0.6) is 5.88 Å². The summed E-state index contributed by atoms with van der Waals surface area (Å²) in [4.78, 5) is 18.7. The molecule has 0 aliphatic heterocycles. The molecule has 0 saturated carbocycles. The number of hydrogen-bond donors (Lipinski definition) is 0. The SMILES string of the molecule is CCOc1nc(CC)ncc1CC=O. The molecular weight excluding hydrogens is 180 g/mol. The highest BCUT2D eigenvalue weighted by Crippen LogP contribution is 2.14. The molecule has 1 aromatic heterocycles. The normalized spacial score (nSPS) is 9.86. The van der Waals surface area contributed by atoms with Crippen molar-refractivity contribution in [2.24, 2.45) is 0 Å². The van der Waals surface area contributed by atoms with E-state index in [0.29, 0.717) is 18.9 Å². The number of aromatic nitrogens is 2. The highest BCUT2D eigenvalue weighted by molar-refractivity contribution is 5.56. The first-order valence-corrected chi connectivity index (χ1v) is 4.73. The zero-order valence-corrected chi connectivity index (χ0v) is 8.49. The van der Waals surface area contributed by atoms with Crippen molar-refractivity contribution in [2.45, 2.75) is 26.7 Å². The van der Waals surface area contributed by atoms with Gasteiger partial charge in [-0.25, -0.2) is 4.98 Å². The lowest BCUT2D eigenvalue weighted by Gasteiger charge is -2.07. The van der Waals surface area contributed by atoms with Gasteiger partial charge in [0.15, 0.2) is 0 Å². The molecule has 0 fully saturated rings. The predicted octanol–water partition coefficient (Wildman–Crippen LogP) is 1.18. The van der Waals surface area contributed by atoms with Gasteiger partial charge in [-0.3, -0.25) is 0 Å². The molecule has 4 nitrogen and oxygen atoms in total. The molecule has 0 radical (unpaired) electrons. The Morgan fingerprint density at radius 2 is 2.29 bits per heavy atom. The van der Waals surface area contributed by atoms with Crippen LogP contribution in [0.3, 0.4) is 0 Å². The molecule has 0 aromatic carbocycles. The van der Waals surface area contributed by atoms with Crippen LogP contribution in [0.4, 0.5) is 0 Å². The Balaban J connectivity index is 2.96. The van der Waals surface area contributed by atoms with Crippen molar-refractivity contribution in [2.75, 3.05) is 6.61 Å². The molecule has 0 aliphatic carbocycles. The highest BCUT2D eigenvalue weighted by atomic mass is 16.5. The first-order chi connectivity index (χ1) is 6.81. The Morgan fingerprint density at radius 3 is 2.86 bits per heavy atom. The largest absolute Gasteiger partial charge is 0.478 e. The Labute approximate surface area is 83.3 Å². The van der Waals surface area contributed by atoms with E-state index in [1.54, 1.807) is 6.20 Å². The van der Waals surface area contributed by atoms with Crippen molar-refractivity contribution in [1.82, 2.24) is 9.97 Å². The van der Waals surface area contributed by atoms with Crippen LogP contribution in [0, 0.1) is 0 Å². The van der Waals surface area contributed by atoms with E-state index in [1.165, 1.54) is 0 Å². The maximum Gasteiger partial charge on any atom is 0.220 e. The van der Waals surface area contributed by atoms with Crippen molar-refractivity contribution in [3.63, 3.8) is 0 Å². The van der Waals surface area contributed by atoms with Gasteiger partial charge in [0.1, 0.15) is 12.1 Å². The van der Waals surface area contributed by atoms with Crippen molar-refractivity contribution < 1.29 is 9.53 Å². The molecule has 14 heavy (non-hydrogen) atoms. The molecule has 0 aliphatic rings.